The monoisotopic (exact) mass is 329 g/mol. The van der Waals surface area contributed by atoms with Gasteiger partial charge in [0.05, 0.1) is 12.4 Å². The summed E-state index contributed by atoms with van der Waals surface area (Å²) in [5, 5.41) is 4.77. The molecule has 4 heteroatoms. The minimum atomic E-state index is 0.0847. The molecule has 3 aliphatic rings. The Labute approximate surface area is 145 Å². The molecule has 0 aromatic carbocycles. The van der Waals surface area contributed by atoms with Gasteiger partial charge in [-0.25, -0.2) is 4.68 Å². The third kappa shape index (κ3) is 3.05. The van der Waals surface area contributed by atoms with Crippen LogP contribution in [-0.2, 0) is 19.5 Å². The fourth-order valence-corrected chi connectivity index (χ4v) is 5.79. The fourth-order valence-electron chi connectivity index (χ4n) is 5.79. The molecule has 2 unspecified atom stereocenters. The van der Waals surface area contributed by atoms with Crippen LogP contribution in [0.5, 0.6) is 0 Å². The second-order valence-corrected chi connectivity index (χ2v) is 9.62. The molecule has 0 spiro atoms. The Morgan fingerprint density at radius 2 is 1.96 bits per heavy atom. The summed E-state index contributed by atoms with van der Waals surface area (Å²) in [5.74, 6) is 0. The van der Waals surface area contributed by atoms with Crippen LogP contribution in [0.25, 0.3) is 0 Å². The predicted octanol–water partition coefficient (Wildman–Crippen LogP) is 3.37. The highest BCUT2D eigenvalue weighted by molar-refractivity contribution is 5.19. The fraction of sp³-hybridized carbons (Fsp3) is 0.800. The lowest BCUT2D eigenvalue weighted by Crippen LogP contribution is -2.38. The van der Waals surface area contributed by atoms with Crippen LogP contribution in [0, 0.1) is 10.8 Å². The van der Waals surface area contributed by atoms with Gasteiger partial charge in [-0.1, -0.05) is 27.2 Å². The minimum absolute atomic E-state index is 0.0847. The van der Waals surface area contributed by atoms with Crippen LogP contribution in [0.4, 0.5) is 0 Å². The van der Waals surface area contributed by atoms with Crippen LogP contribution in [0.15, 0.2) is 10.9 Å². The first-order chi connectivity index (χ1) is 11.3. The van der Waals surface area contributed by atoms with Crippen molar-refractivity contribution in [2.45, 2.75) is 84.8 Å². The summed E-state index contributed by atoms with van der Waals surface area (Å²) in [6.07, 6.45) is 9.52. The van der Waals surface area contributed by atoms with E-state index >= 15 is 0 Å². The SMILES string of the molecule is CC1(C)CC2CC(C)(CN2Cn2nc3c(cc2=O)CCCCC3)C1. The van der Waals surface area contributed by atoms with E-state index in [0.29, 0.717) is 23.5 Å². The number of likely N-dealkylation sites (tertiary alicyclic amines) is 1. The van der Waals surface area contributed by atoms with E-state index < -0.39 is 0 Å². The first-order valence-corrected chi connectivity index (χ1v) is 9.68. The van der Waals surface area contributed by atoms with E-state index in [1.807, 2.05) is 6.07 Å². The van der Waals surface area contributed by atoms with Crippen LogP contribution >= 0.6 is 0 Å². The van der Waals surface area contributed by atoms with Gasteiger partial charge in [-0.2, -0.15) is 5.10 Å². The minimum Gasteiger partial charge on any atom is -0.281 e. The average molecular weight is 329 g/mol. The van der Waals surface area contributed by atoms with Crippen molar-refractivity contribution in [3.8, 4) is 0 Å². The third-order valence-electron chi connectivity index (χ3n) is 6.36. The molecule has 1 aliphatic heterocycles. The molecule has 0 radical (unpaired) electrons. The average Bonchev–Trinajstić information content (AvgIpc) is 2.62. The van der Waals surface area contributed by atoms with Crippen LogP contribution < -0.4 is 5.56 Å². The smallest absolute Gasteiger partial charge is 0.268 e. The Hall–Kier alpha value is -1.16. The van der Waals surface area contributed by atoms with Crippen molar-refractivity contribution in [3.05, 3.63) is 27.7 Å². The maximum Gasteiger partial charge on any atom is 0.268 e. The molecule has 0 N–H and O–H groups in total. The lowest BCUT2D eigenvalue weighted by Gasteiger charge is -2.39. The Kier molecular flexibility index (Phi) is 3.87. The largest absolute Gasteiger partial charge is 0.281 e. The number of aryl methyl sites for hydroxylation is 2. The Balaban J connectivity index is 1.58. The van der Waals surface area contributed by atoms with Crippen LogP contribution in [0.3, 0.4) is 0 Å². The van der Waals surface area contributed by atoms with Gasteiger partial charge in [-0.3, -0.25) is 9.69 Å². The standard InChI is InChI=1S/C20H31N3O/c1-19(2)10-16-11-20(3,12-19)13-22(16)14-23-18(24)9-15-7-5-4-6-8-17(15)21-23/h9,16H,4-8,10-14H2,1-3H3. The van der Waals surface area contributed by atoms with Crippen molar-refractivity contribution >= 4 is 0 Å². The highest BCUT2D eigenvalue weighted by Crippen LogP contribution is 2.52. The van der Waals surface area contributed by atoms with Crippen molar-refractivity contribution in [1.82, 2.24) is 14.7 Å². The van der Waals surface area contributed by atoms with Gasteiger partial charge in [0.1, 0.15) is 0 Å². The summed E-state index contributed by atoms with van der Waals surface area (Å²) in [4.78, 5) is 15.1. The molecular formula is C20H31N3O. The Morgan fingerprint density at radius 3 is 2.79 bits per heavy atom. The molecule has 2 aliphatic carbocycles. The molecule has 1 saturated carbocycles. The van der Waals surface area contributed by atoms with Gasteiger partial charge in [0.15, 0.2) is 0 Å². The molecule has 1 aromatic rings. The van der Waals surface area contributed by atoms with Crippen molar-refractivity contribution in [1.29, 1.82) is 0 Å². The zero-order valence-electron chi connectivity index (χ0n) is 15.5. The summed E-state index contributed by atoms with van der Waals surface area (Å²) in [6, 6.07) is 2.47. The number of nitrogens with zero attached hydrogens (tertiary/aromatic N) is 3. The van der Waals surface area contributed by atoms with E-state index in [9.17, 15) is 4.79 Å². The summed E-state index contributed by atoms with van der Waals surface area (Å²) in [6.45, 7) is 8.99. The topological polar surface area (TPSA) is 38.1 Å². The molecule has 1 saturated heterocycles. The molecular weight excluding hydrogens is 298 g/mol. The van der Waals surface area contributed by atoms with E-state index in [4.69, 9.17) is 5.10 Å². The number of rotatable bonds is 2. The van der Waals surface area contributed by atoms with Gasteiger partial charge in [0, 0.05) is 18.7 Å². The van der Waals surface area contributed by atoms with Gasteiger partial charge in [-0.15, -0.1) is 0 Å². The van der Waals surface area contributed by atoms with Crippen molar-refractivity contribution in [2.75, 3.05) is 6.54 Å². The molecule has 2 atom stereocenters. The molecule has 2 fully saturated rings. The first-order valence-electron chi connectivity index (χ1n) is 9.68. The number of hydrogen-bond donors (Lipinski definition) is 0. The maximum absolute atomic E-state index is 12.6. The highest BCUT2D eigenvalue weighted by Gasteiger charge is 2.49. The van der Waals surface area contributed by atoms with Gasteiger partial charge in [0.2, 0.25) is 0 Å². The van der Waals surface area contributed by atoms with Crippen molar-refractivity contribution in [2.24, 2.45) is 10.8 Å². The van der Waals surface area contributed by atoms with E-state index in [2.05, 4.69) is 25.7 Å². The molecule has 0 amide bonds. The maximum atomic E-state index is 12.6. The summed E-state index contributed by atoms with van der Waals surface area (Å²) < 4.78 is 1.74. The van der Waals surface area contributed by atoms with Gasteiger partial charge in [0.25, 0.3) is 5.56 Å². The van der Waals surface area contributed by atoms with E-state index in [1.165, 1.54) is 49.8 Å². The quantitative estimate of drug-likeness (QED) is 0.781. The van der Waals surface area contributed by atoms with Crippen LogP contribution in [0.1, 0.15) is 70.6 Å². The van der Waals surface area contributed by atoms with Gasteiger partial charge in [-0.05, 0) is 61.3 Å². The molecule has 132 valence electrons. The number of hydrogen-bond acceptors (Lipinski definition) is 3. The lowest BCUT2D eigenvalue weighted by atomic mass is 9.65. The van der Waals surface area contributed by atoms with Crippen LogP contribution in [-0.4, -0.2) is 27.3 Å². The van der Waals surface area contributed by atoms with Gasteiger partial charge < -0.3 is 0 Å². The van der Waals surface area contributed by atoms with E-state index in [-0.39, 0.29) is 5.56 Å². The summed E-state index contributed by atoms with van der Waals surface area (Å²) >= 11 is 0. The molecule has 4 nitrogen and oxygen atoms in total. The Bertz CT molecular complexity index is 693. The second kappa shape index (κ2) is 5.69. The van der Waals surface area contributed by atoms with Gasteiger partial charge >= 0.3 is 0 Å². The van der Waals surface area contributed by atoms with Crippen molar-refractivity contribution < 1.29 is 0 Å². The first kappa shape index (κ1) is 16.3. The summed E-state index contributed by atoms with van der Waals surface area (Å²) in [5.41, 5.74) is 3.27. The zero-order chi connectivity index (χ0) is 16.9. The molecule has 4 rings (SSSR count). The molecule has 2 bridgehead atoms. The highest BCUT2D eigenvalue weighted by atomic mass is 16.1. The Morgan fingerprint density at radius 1 is 1.17 bits per heavy atom. The van der Waals surface area contributed by atoms with E-state index in [0.717, 1.165) is 19.4 Å². The normalized spacial score (nSPS) is 32.4. The number of fused-ring (bicyclic) bond motifs is 3. The molecule has 2 heterocycles. The third-order valence-corrected chi connectivity index (χ3v) is 6.36. The molecule has 24 heavy (non-hydrogen) atoms. The zero-order valence-corrected chi connectivity index (χ0v) is 15.5. The predicted molar refractivity (Wildman–Crippen MR) is 96.0 cm³/mol. The second-order valence-electron chi connectivity index (χ2n) is 9.62. The number of aromatic nitrogens is 2. The van der Waals surface area contributed by atoms with E-state index in [1.54, 1.807) is 4.68 Å². The van der Waals surface area contributed by atoms with Crippen molar-refractivity contribution in [3.63, 3.8) is 0 Å². The molecule has 1 aromatic heterocycles. The van der Waals surface area contributed by atoms with Crippen LogP contribution in [0.2, 0.25) is 0 Å². The lowest BCUT2D eigenvalue weighted by molar-refractivity contribution is 0.119. The summed E-state index contributed by atoms with van der Waals surface area (Å²) in [7, 11) is 0.